The normalized spacial score (nSPS) is 16.6. The van der Waals surface area contributed by atoms with Crippen LogP contribution in [0, 0.1) is 11.7 Å². The molecule has 87 heavy (non-hydrogen) atoms. The van der Waals surface area contributed by atoms with Gasteiger partial charge in [0.2, 0.25) is 47.3 Å². The molecule has 8 rings (SSSR count). The lowest BCUT2D eigenvalue weighted by atomic mass is 9.99. The monoisotopic (exact) mass is 1190 g/mol. The van der Waals surface area contributed by atoms with Crippen molar-refractivity contribution in [2.45, 2.75) is 140 Å². The van der Waals surface area contributed by atoms with Crippen LogP contribution in [0.4, 0.5) is 4.39 Å². The number of amides is 8. The Labute approximate surface area is 504 Å². The van der Waals surface area contributed by atoms with Crippen LogP contribution in [-0.4, -0.2) is 147 Å². The number of H-pyrrole nitrogens is 2. The third-order valence-corrected chi connectivity index (χ3v) is 16.0. The Bertz CT molecular complexity index is 3420. The number of likely N-dealkylation sites (tertiary alicyclic amines) is 2. The number of nitrogens with two attached hydrogens (primary N) is 2. The van der Waals surface area contributed by atoms with Crippen LogP contribution < -0.4 is 43.4 Å². The van der Waals surface area contributed by atoms with E-state index in [1.165, 1.54) is 34.1 Å². The van der Waals surface area contributed by atoms with E-state index in [1.54, 1.807) is 43.6 Å². The van der Waals surface area contributed by atoms with Crippen LogP contribution in [0.25, 0.3) is 21.8 Å². The van der Waals surface area contributed by atoms with Gasteiger partial charge in [-0.05, 0) is 123 Å². The number of aromatic hydroxyl groups is 1. The van der Waals surface area contributed by atoms with Crippen molar-refractivity contribution in [3.05, 3.63) is 138 Å². The maximum atomic E-state index is 15.1. The van der Waals surface area contributed by atoms with Crippen LogP contribution in [0.3, 0.4) is 0 Å². The number of benzene rings is 4. The molecule has 0 spiro atoms. The second-order valence-corrected chi connectivity index (χ2v) is 22.8. The molecule has 0 radical (unpaired) electrons. The third kappa shape index (κ3) is 17.2. The molecule has 6 aromatic rings. The molecule has 0 unspecified atom stereocenters. The number of nitrogens with one attached hydrogen (secondary N) is 8. The predicted molar refractivity (Wildman–Crippen MR) is 328 cm³/mol. The van der Waals surface area contributed by atoms with Crippen LogP contribution in [-0.2, 0) is 64.0 Å². The first-order chi connectivity index (χ1) is 41.8. The Hall–Kier alpha value is -9.28. The second-order valence-electron chi connectivity index (χ2n) is 22.8. The summed E-state index contributed by atoms with van der Waals surface area (Å²) < 4.78 is 13.7. The minimum Gasteiger partial charge on any atom is -0.508 e. The molecule has 2 aliphatic heterocycles. The van der Waals surface area contributed by atoms with Crippen LogP contribution in [0.2, 0.25) is 0 Å². The van der Waals surface area contributed by atoms with Gasteiger partial charge >= 0.3 is 0 Å². The van der Waals surface area contributed by atoms with E-state index in [0.29, 0.717) is 43.5 Å². The number of halogens is 1. The number of phenols is 1. The summed E-state index contributed by atoms with van der Waals surface area (Å²) in [6.07, 6.45) is 5.84. The first kappa shape index (κ1) is 63.7. The summed E-state index contributed by atoms with van der Waals surface area (Å²) in [4.78, 5) is 129. The summed E-state index contributed by atoms with van der Waals surface area (Å²) in [5, 5.41) is 29.2. The summed E-state index contributed by atoms with van der Waals surface area (Å²) >= 11 is 0. The number of aromatic amines is 2. The molecular formula is C64H80FN13O9. The van der Waals surface area contributed by atoms with Gasteiger partial charge < -0.3 is 68.2 Å². The molecule has 2 aliphatic rings. The predicted octanol–water partition coefficient (Wildman–Crippen LogP) is 3.80. The molecule has 2 saturated heterocycles. The molecule has 23 heteroatoms. The highest BCUT2D eigenvalue weighted by atomic mass is 19.1. The summed E-state index contributed by atoms with van der Waals surface area (Å²) in [5.74, 6) is -5.32. The number of hydrogen-bond acceptors (Lipinski definition) is 10. The van der Waals surface area contributed by atoms with E-state index in [0.717, 1.165) is 32.9 Å². The number of aliphatic imine (C=N–C) groups is 1. The SMILES string of the molecule is CCNC(=O)[C@H]1CCCN1C(=O)[C@H](CCCN=C(N)N)NC(=O)[C@H](CC(C)C)NC(=O)[C@@H](Cc1c[nH]c2ccccc12)NC(=O)[C@H](Cc1ccc(O)cc1)NC(=O)[C@@H]1CCCN1C(=O)[C@H](Cc1c[nH]c2ccccc12)NC(=O)CCc1ccc(F)cc1. The van der Waals surface area contributed by atoms with Crippen molar-refractivity contribution in [3.8, 4) is 5.75 Å². The standard InChI is InChI=1S/C64H80FN13O9/c1-4-68-60(84)54-17-10-30-77(54)62(86)49(16-9-29-69-64(66)67)73-57(81)50(32-38(2)3)74-59(83)52(34-41-36-70-47-14-7-5-12-45(41)47)75-58(82)51(33-40-21-26-44(79)27-22-40)76-61(85)55-18-11-31-78(55)63(87)53(35-42-37-71-48-15-8-6-13-46(42)48)72-56(80)28-23-39-19-24-43(65)25-20-39/h5-8,12-15,19-22,24-27,36-38,49-55,70-71,79H,4,9-11,16-18,23,28-35H2,1-3H3,(H,68,84)(H,72,80)(H,73,81)(H,74,83)(H,75,82)(H,76,85)(H4,66,67,69)/t49-,50-,51-,52+,53-,54+,55-/m0/s1. The minimum atomic E-state index is -1.38. The molecule has 0 saturated carbocycles. The summed E-state index contributed by atoms with van der Waals surface area (Å²) in [6, 6.07) is 18.8. The van der Waals surface area contributed by atoms with Crippen LogP contribution in [0.1, 0.15) is 94.4 Å². The van der Waals surface area contributed by atoms with Crippen molar-refractivity contribution in [3.63, 3.8) is 0 Å². The lowest BCUT2D eigenvalue weighted by molar-refractivity contribution is -0.142. The number of nitrogens with zero attached hydrogens (tertiary/aromatic N) is 3. The van der Waals surface area contributed by atoms with Gasteiger partial charge in [-0.3, -0.25) is 43.3 Å². The number of carbonyl (C=O) groups is 8. The van der Waals surface area contributed by atoms with E-state index in [-0.39, 0.29) is 94.4 Å². The molecular weight excluding hydrogens is 1110 g/mol. The van der Waals surface area contributed by atoms with E-state index in [9.17, 15) is 38.3 Å². The molecule has 22 nitrogen and oxygen atoms in total. The van der Waals surface area contributed by atoms with Crippen molar-refractivity contribution in [1.29, 1.82) is 0 Å². The number of aryl methyl sites for hydroxylation is 1. The quantitative estimate of drug-likeness (QED) is 0.0191. The van der Waals surface area contributed by atoms with Crippen molar-refractivity contribution in [2.75, 3.05) is 26.2 Å². The second kappa shape index (κ2) is 30.2. The van der Waals surface area contributed by atoms with Crippen LogP contribution >= 0.6 is 0 Å². The Kier molecular flexibility index (Phi) is 22.1. The fourth-order valence-corrected chi connectivity index (χ4v) is 11.5. The van der Waals surface area contributed by atoms with Crippen molar-refractivity contribution in [2.24, 2.45) is 22.4 Å². The first-order valence-electron chi connectivity index (χ1n) is 29.9. The molecule has 4 aromatic carbocycles. The molecule has 2 fully saturated rings. The van der Waals surface area contributed by atoms with Crippen molar-refractivity contribution < 1.29 is 47.9 Å². The average molecular weight is 1190 g/mol. The molecule has 462 valence electrons. The van der Waals surface area contributed by atoms with Gasteiger partial charge in [-0.25, -0.2) is 4.39 Å². The zero-order chi connectivity index (χ0) is 62.1. The van der Waals surface area contributed by atoms with E-state index in [4.69, 9.17) is 11.5 Å². The zero-order valence-corrected chi connectivity index (χ0v) is 49.4. The summed E-state index contributed by atoms with van der Waals surface area (Å²) in [7, 11) is 0. The highest BCUT2D eigenvalue weighted by Crippen LogP contribution is 2.26. The van der Waals surface area contributed by atoms with Gasteiger partial charge in [0.15, 0.2) is 5.96 Å². The van der Waals surface area contributed by atoms with Gasteiger partial charge in [0.25, 0.3) is 0 Å². The number of likely N-dealkylation sites (N-methyl/N-ethyl adjacent to an activating group) is 1. The van der Waals surface area contributed by atoms with Gasteiger partial charge in [-0.15, -0.1) is 0 Å². The fourth-order valence-electron chi connectivity index (χ4n) is 11.5. The lowest BCUT2D eigenvalue weighted by Crippen LogP contribution is -2.60. The Balaban J connectivity index is 1.05. The van der Waals surface area contributed by atoms with Crippen molar-refractivity contribution >= 4 is 75.0 Å². The maximum absolute atomic E-state index is 15.1. The molecule has 13 N–H and O–H groups in total. The summed E-state index contributed by atoms with van der Waals surface area (Å²) in [6.45, 7) is 6.50. The van der Waals surface area contributed by atoms with E-state index >= 15 is 9.59 Å². The highest BCUT2D eigenvalue weighted by Gasteiger charge is 2.41. The fraction of sp³-hybridized carbons (Fsp3) is 0.422. The molecule has 0 aliphatic carbocycles. The number of para-hydroxylation sites is 2. The molecule has 0 bridgehead atoms. The van der Waals surface area contributed by atoms with Crippen molar-refractivity contribution in [1.82, 2.24) is 51.7 Å². The molecule has 7 atom stereocenters. The smallest absolute Gasteiger partial charge is 0.246 e. The van der Waals surface area contributed by atoms with Gasteiger partial charge in [0.1, 0.15) is 53.9 Å². The number of hydrogen-bond donors (Lipinski definition) is 11. The number of rotatable bonds is 28. The van der Waals surface area contributed by atoms with E-state index < -0.39 is 89.5 Å². The largest absolute Gasteiger partial charge is 0.508 e. The minimum absolute atomic E-state index is 0.00278. The van der Waals surface area contributed by atoms with Gasteiger partial charge in [0, 0.05) is 86.1 Å². The molecule has 4 heterocycles. The number of guanidine groups is 1. The molecule has 2 aromatic heterocycles. The Morgan fingerprint density at radius 3 is 1.74 bits per heavy atom. The van der Waals surface area contributed by atoms with Crippen LogP contribution in [0.15, 0.2) is 114 Å². The third-order valence-electron chi connectivity index (χ3n) is 16.0. The number of aromatic nitrogens is 2. The first-order valence-corrected chi connectivity index (χ1v) is 29.9. The Morgan fingerprint density at radius 2 is 1.15 bits per heavy atom. The zero-order valence-electron chi connectivity index (χ0n) is 49.4. The van der Waals surface area contributed by atoms with Gasteiger partial charge in [0.05, 0.1) is 0 Å². The van der Waals surface area contributed by atoms with E-state index in [1.807, 2.05) is 62.4 Å². The topological polar surface area (TPSA) is 331 Å². The number of phenolic OH excluding ortho intramolecular Hbond substituents is 1. The van der Waals surface area contributed by atoms with E-state index in [2.05, 4.69) is 46.9 Å². The van der Waals surface area contributed by atoms with Gasteiger partial charge in [-0.1, -0.05) is 74.5 Å². The number of carbonyl (C=O) groups excluding carboxylic acids is 8. The maximum Gasteiger partial charge on any atom is 0.246 e. The lowest BCUT2D eigenvalue weighted by Gasteiger charge is -2.31. The summed E-state index contributed by atoms with van der Waals surface area (Å²) in [5.41, 5.74) is 15.5. The van der Waals surface area contributed by atoms with Crippen LogP contribution in [0.5, 0.6) is 5.75 Å². The molecule has 8 amide bonds. The highest BCUT2D eigenvalue weighted by molar-refractivity contribution is 5.99. The Morgan fingerprint density at radius 1 is 0.632 bits per heavy atom. The number of fused-ring (bicyclic) bond motifs is 2. The average Bonchev–Trinajstić information content (AvgIpc) is 2.82. The van der Waals surface area contributed by atoms with Gasteiger partial charge in [-0.2, -0.15) is 0 Å².